The van der Waals surface area contributed by atoms with E-state index >= 15 is 0 Å². The van der Waals surface area contributed by atoms with Crippen LogP contribution in [0.5, 0.6) is 0 Å². The first-order valence-electron chi connectivity index (χ1n) is 6.30. The SMILES string of the molecule is C[C@@H]1CCCN(c2ccc([C@@H](C)O)cc2Cl)C1. The Bertz CT molecular complexity index is 392. The summed E-state index contributed by atoms with van der Waals surface area (Å²) in [7, 11) is 0. The molecule has 1 saturated heterocycles. The molecule has 3 heteroatoms. The first-order valence-corrected chi connectivity index (χ1v) is 6.68. The highest BCUT2D eigenvalue weighted by atomic mass is 35.5. The lowest BCUT2D eigenvalue weighted by molar-refractivity contribution is 0.199. The first kappa shape index (κ1) is 12.7. The lowest BCUT2D eigenvalue weighted by Gasteiger charge is -2.33. The summed E-state index contributed by atoms with van der Waals surface area (Å²) >= 11 is 6.30. The average Bonchev–Trinajstić information content (AvgIpc) is 2.28. The van der Waals surface area contributed by atoms with Crippen LogP contribution in [-0.4, -0.2) is 18.2 Å². The van der Waals surface area contributed by atoms with E-state index in [0.717, 1.165) is 35.3 Å². The summed E-state index contributed by atoms with van der Waals surface area (Å²) in [6.45, 7) is 6.20. The normalized spacial score (nSPS) is 22.6. The maximum Gasteiger partial charge on any atom is 0.0762 e. The fourth-order valence-corrected chi connectivity index (χ4v) is 2.76. The van der Waals surface area contributed by atoms with Crippen molar-refractivity contribution in [1.82, 2.24) is 0 Å². The molecular formula is C14H20ClNO. The van der Waals surface area contributed by atoms with Crippen LogP contribution in [-0.2, 0) is 0 Å². The van der Waals surface area contributed by atoms with Crippen LogP contribution in [0.25, 0.3) is 0 Å². The molecule has 0 spiro atoms. The van der Waals surface area contributed by atoms with Crippen LogP contribution in [0.1, 0.15) is 38.4 Å². The second-order valence-electron chi connectivity index (χ2n) is 5.08. The molecule has 1 heterocycles. The molecule has 1 aliphatic rings. The molecule has 0 aliphatic carbocycles. The Morgan fingerprint density at radius 3 is 2.82 bits per heavy atom. The maximum absolute atomic E-state index is 9.52. The van der Waals surface area contributed by atoms with Crippen LogP contribution < -0.4 is 4.90 Å². The van der Waals surface area contributed by atoms with Crippen LogP contribution >= 0.6 is 11.6 Å². The predicted octanol–water partition coefficient (Wildman–Crippen LogP) is 3.63. The number of piperidine rings is 1. The van der Waals surface area contributed by atoms with Gasteiger partial charge in [0, 0.05) is 13.1 Å². The molecule has 0 aromatic heterocycles. The van der Waals surface area contributed by atoms with E-state index in [1.807, 2.05) is 18.2 Å². The Hall–Kier alpha value is -0.730. The Morgan fingerprint density at radius 2 is 2.24 bits per heavy atom. The zero-order valence-electron chi connectivity index (χ0n) is 10.5. The van der Waals surface area contributed by atoms with Crippen LogP contribution in [0.2, 0.25) is 5.02 Å². The lowest BCUT2D eigenvalue weighted by Crippen LogP contribution is -2.34. The number of rotatable bonds is 2. The van der Waals surface area contributed by atoms with Gasteiger partial charge in [0.15, 0.2) is 0 Å². The fraction of sp³-hybridized carbons (Fsp3) is 0.571. The van der Waals surface area contributed by atoms with E-state index in [9.17, 15) is 5.11 Å². The van der Waals surface area contributed by atoms with Crippen molar-refractivity contribution in [2.24, 2.45) is 5.92 Å². The zero-order valence-corrected chi connectivity index (χ0v) is 11.2. The van der Waals surface area contributed by atoms with Gasteiger partial charge in [0.05, 0.1) is 16.8 Å². The molecular weight excluding hydrogens is 234 g/mol. The van der Waals surface area contributed by atoms with E-state index in [0.29, 0.717) is 0 Å². The van der Waals surface area contributed by atoms with Gasteiger partial charge in [0.2, 0.25) is 0 Å². The van der Waals surface area contributed by atoms with Crippen molar-refractivity contribution in [3.05, 3.63) is 28.8 Å². The van der Waals surface area contributed by atoms with Crippen molar-refractivity contribution in [2.45, 2.75) is 32.8 Å². The molecule has 2 nitrogen and oxygen atoms in total. The van der Waals surface area contributed by atoms with Crippen molar-refractivity contribution in [2.75, 3.05) is 18.0 Å². The van der Waals surface area contributed by atoms with Gasteiger partial charge in [-0.05, 0) is 43.4 Å². The van der Waals surface area contributed by atoms with Gasteiger partial charge in [-0.1, -0.05) is 24.6 Å². The topological polar surface area (TPSA) is 23.5 Å². The van der Waals surface area contributed by atoms with Gasteiger partial charge < -0.3 is 10.0 Å². The first-order chi connectivity index (χ1) is 8.08. The Kier molecular flexibility index (Phi) is 3.95. The second kappa shape index (κ2) is 5.28. The molecule has 0 radical (unpaired) electrons. The van der Waals surface area contributed by atoms with Crippen LogP contribution in [0, 0.1) is 5.92 Å². The minimum absolute atomic E-state index is 0.457. The molecule has 2 rings (SSSR count). The number of halogens is 1. The Morgan fingerprint density at radius 1 is 1.47 bits per heavy atom. The molecule has 1 fully saturated rings. The van der Waals surface area contributed by atoms with E-state index in [4.69, 9.17) is 11.6 Å². The number of aliphatic hydroxyl groups is 1. The summed E-state index contributed by atoms with van der Waals surface area (Å²) < 4.78 is 0. The highest BCUT2D eigenvalue weighted by Gasteiger charge is 2.18. The summed E-state index contributed by atoms with van der Waals surface area (Å²) in [6, 6.07) is 5.87. The van der Waals surface area contributed by atoms with E-state index in [-0.39, 0.29) is 0 Å². The molecule has 94 valence electrons. The van der Waals surface area contributed by atoms with E-state index in [1.165, 1.54) is 12.8 Å². The molecule has 0 unspecified atom stereocenters. The molecule has 0 saturated carbocycles. The third kappa shape index (κ3) is 2.93. The molecule has 2 atom stereocenters. The molecule has 1 N–H and O–H groups in total. The summed E-state index contributed by atoms with van der Waals surface area (Å²) in [5.74, 6) is 0.733. The number of benzene rings is 1. The van der Waals surface area contributed by atoms with Gasteiger partial charge >= 0.3 is 0 Å². The van der Waals surface area contributed by atoms with Crippen LogP contribution in [0.4, 0.5) is 5.69 Å². The standard InChI is InChI=1S/C14H20ClNO/c1-10-4-3-7-16(9-10)14-6-5-12(11(2)17)8-13(14)15/h5-6,8,10-11,17H,3-4,7,9H2,1-2H3/t10-,11-/m1/s1. The molecule has 1 aromatic carbocycles. The highest BCUT2D eigenvalue weighted by molar-refractivity contribution is 6.33. The number of aliphatic hydroxyl groups excluding tert-OH is 1. The predicted molar refractivity (Wildman–Crippen MR) is 72.7 cm³/mol. The average molecular weight is 254 g/mol. The van der Waals surface area contributed by atoms with E-state index in [1.54, 1.807) is 6.92 Å². The Labute approximate surface area is 108 Å². The van der Waals surface area contributed by atoms with E-state index < -0.39 is 6.10 Å². The lowest BCUT2D eigenvalue weighted by atomic mass is 9.99. The van der Waals surface area contributed by atoms with Crippen LogP contribution in [0.15, 0.2) is 18.2 Å². The summed E-state index contributed by atoms with van der Waals surface area (Å²) in [5.41, 5.74) is 1.98. The molecule has 1 aliphatic heterocycles. The minimum Gasteiger partial charge on any atom is -0.389 e. The summed E-state index contributed by atoms with van der Waals surface area (Å²) in [5, 5.41) is 10.3. The molecule has 17 heavy (non-hydrogen) atoms. The third-order valence-electron chi connectivity index (χ3n) is 3.45. The van der Waals surface area contributed by atoms with Crippen molar-refractivity contribution in [3.8, 4) is 0 Å². The highest BCUT2D eigenvalue weighted by Crippen LogP contribution is 2.31. The summed E-state index contributed by atoms with van der Waals surface area (Å²) in [6.07, 6.45) is 2.08. The van der Waals surface area contributed by atoms with Crippen LogP contribution in [0.3, 0.4) is 0 Å². The van der Waals surface area contributed by atoms with Gasteiger partial charge in [0.25, 0.3) is 0 Å². The van der Waals surface area contributed by atoms with Crippen molar-refractivity contribution >= 4 is 17.3 Å². The molecule has 0 bridgehead atoms. The fourth-order valence-electron chi connectivity index (χ4n) is 2.45. The maximum atomic E-state index is 9.52. The van der Waals surface area contributed by atoms with Gasteiger partial charge in [-0.2, -0.15) is 0 Å². The number of hydrogen-bond donors (Lipinski definition) is 1. The largest absolute Gasteiger partial charge is 0.389 e. The number of hydrogen-bond acceptors (Lipinski definition) is 2. The zero-order chi connectivity index (χ0) is 12.4. The van der Waals surface area contributed by atoms with E-state index in [2.05, 4.69) is 11.8 Å². The van der Waals surface area contributed by atoms with Gasteiger partial charge in [-0.25, -0.2) is 0 Å². The van der Waals surface area contributed by atoms with Gasteiger partial charge in [-0.3, -0.25) is 0 Å². The quantitative estimate of drug-likeness (QED) is 0.870. The minimum atomic E-state index is -0.457. The number of anilines is 1. The molecule has 1 aromatic rings. The van der Waals surface area contributed by atoms with Gasteiger partial charge in [0.1, 0.15) is 0 Å². The third-order valence-corrected chi connectivity index (χ3v) is 3.75. The second-order valence-corrected chi connectivity index (χ2v) is 5.49. The van der Waals surface area contributed by atoms with Crippen molar-refractivity contribution in [3.63, 3.8) is 0 Å². The summed E-state index contributed by atoms with van der Waals surface area (Å²) in [4.78, 5) is 2.35. The number of nitrogens with zero attached hydrogens (tertiary/aromatic N) is 1. The van der Waals surface area contributed by atoms with Gasteiger partial charge in [-0.15, -0.1) is 0 Å². The van der Waals surface area contributed by atoms with Crippen molar-refractivity contribution in [1.29, 1.82) is 0 Å². The smallest absolute Gasteiger partial charge is 0.0762 e. The molecule has 0 amide bonds. The van der Waals surface area contributed by atoms with Crippen molar-refractivity contribution < 1.29 is 5.11 Å². The monoisotopic (exact) mass is 253 g/mol. The Balaban J connectivity index is 2.21.